The summed E-state index contributed by atoms with van der Waals surface area (Å²) in [4.78, 5) is 0.626. The van der Waals surface area contributed by atoms with Gasteiger partial charge in [-0.25, -0.2) is 8.42 Å². The van der Waals surface area contributed by atoms with Gasteiger partial charge in [-0.2, -0.15) is 0 Å². The van der Waals surface area contributed by atoms with E-state index in [2.05, 4.69) is 4.57 Å². The summed E-state index contributed by atoms with van der Waals surface area (Å²) in [6.07, 6.45) is 0. The molecule has 0 N–H and O–H groups in total. The Labute approximate surface area is 130 Å². The second-order valence-corrected chi connectivity index (χ2v) is 7.21. The van der Waals surface area contributed by atoms with Gasteiger partial charge in [0, 0.05) is 17.1 Å². The molecule has 0 spiro atoms. The summed E-state index contributed by atoms with van der Waals surface area (Å²) >= 11 is 0. The molecule has 3 nitrogen and oxygen atoms in total. The molecule has 0 fully saturated rings. The third-order valence-electron chi connectivity index (χ3n) is 3.73. The van der Waals surface area contributed by atoms with E-state index in [4.69, 9.17) is 0 Å². The number of hydrogen-bond acceptors (Lipinski definition) is 2. The Morgan fingerprint density at radius 1 is 0.682 bits per heavy atom. The minimum atomic E-state index is -3.45. The third kappa shape index (κ3) is 2.46. The fourth-order valence-corrected chi connectivity index (χ4v) is 3.87. The van der Waals surface area contributed by atoms with Gasteiger partial charge in [-0.1, -0.05) is 18.2 Å². The van der Waals surface area contributed by atoms with Crippen molar-refractivity contribution < 1.29 is 8.42 Å². The summed E-state index contributed by atoms with van der Waals surface area (Å²) < 4.78 is 27.2. The second kappa shape index (κ2) is 5.46. The van der Waals surface area contributed by atoms with Crippen LogP contribution in [0, 0.1) is 13.8 Å². The highest BCUT2D eigenvalue weighted by atomic mass is 32.2. The van der Waals surface area contributed by atoms with Crippen molar-refractivity contribution in [3.05, 3.63) is 78.1 Å². The van der Waals surface area contributed by atoms with Crippen molar-refractivity contribution in [2.45, 2.75) is 23.6 Å². The van der Waals surface area contributed by atoms with Crippen molar-refractivity contribution in [3.8, 4) is 5.69 Å². The molecular formula is C18H17NO2S. The number of sulfone groups is 1. The fourth-order valence-electron chi connectivity index (χ4n) is 2.59. The summed E-state index contributed by atoms with van der Waals surface area (Å²) in [6, 6.07) is 19.6. The minimum absolute atomic E-state index is 0.310. The van der Waals surface area contributed by atoms with Crippen molar-refractivity contribution in [2.24, 2.45) is 0 Å². The minimum Gasteiger partial charge on any atom is -0.319 e. The molecule has 3 rings (SSSR count). The molecule has 1 heterocycles. The number of nitrogens with zero attached hydrogens (tertiary/aromatic N) is 1. The van der Waals surface area contributed by atoms with Crippen LogP contribution in [0.15, 0.2) is 76.5 Å². The Kier molecular flexibility index (Phi) is 3.62. The van der Waals surface area contributed by atoms with E-state index in [0.717, 1.165) is 17.1 Å². The second-order valence-electron chi connectivity index (χ2n) is 5.26. The Bertz CT molecular complexity index is 873. The smallest absolute Gasteiger partial charge is 0.206 e. The molecule has 2 aromatic carbocycles. The van der Waals surface area contributed by atoms with Crippen molar-refractivity contribution in [3.63, 3.8) is 0 Å². The van der Waals surface area contributed by atoms with Gasteiger partial charge < -0.3 is 4.57 Å². The molecule has 0 atom stereocenters. The van der Waals surface area contributed by atoms with Gasteiger partial charge in [0.25, 0.3) is 0 Å². The molecule has 1 aromatic heterocycles. The van der Waals surface area contributed by atoms with Crippen LogP contribution in [-0.2, 0) is 9.84 Å². The highest BCUT2D eigenvalue weighted by Crippen LogP contribution is 2.23. The van der Waals surface area contributed by atoms with E-state index in [9.17, 15) is 8.42 Å². The van der Waals surface area contributed by atoms with Crippen LogP contribution >= 0.6 is 0 Å². The van der Waals surface area contributed by atoms with Gasteiger partial charge in [0.1, 0.15) is 0 Å². The predicted octanol–water partition coefficient (Wildman–Crippen LogP) is 3.93. The molecule has 0 saturated carbocycles. The maximum Gasteiger partial charge on any atom is 0.206 e. The lowest BCUT2D eigenvalue weighted by Crippen LogP contribution is -2.03. The molecule has 0 radical (unpaired) electrons. The first kappa shape index (κ1) is 14.6. The quantitative estimate of drug-likeness (QED) is 0.735. The first-order chi connectivity index (χ1) is 10.5. The predicted molar refractivity (Wildman–Crippen MR) is 87.1 cm³/mol. The molecule has 3 aromatic rings. The zero-order valence-electron chi connectivity index (χ0n) is 12.5. The molecule has 22 heavy (non-hydrogen) atoms. The molecule has 112 valence electrons. The van der Waals surface area contributed by atoms with Crippen LogP contribution in [0.5, 0.6) is 0 Å². The molecule has 0 saturated heterocycles. The van der Waals surface area contributed by atoms with E-state index < -0.39 is 9.84 Å². The normalized spacial score (nSPS) is 11.5. The van der Waals surface area contributed by atoms with Gasteiger partial charge >= 0.3 is 0 Å². The van der Waals surface area contributed by atoms with Crippen LogP contribution in [0.25, 0.3) is 5.69 Å². The number of hydrogen-bond donors (Lipinski definition) is 0. The van der Waals surface area contributed by atoms with E-state index >= 15 is 0 Å². The van der Waals surface area contributed by atoms with Gasteiger partial charge in [-0.3, -0.25) is 0 Å². The Balaban J connectivity index is 2.02. The number of rotatable bonds is 3. The summed E-state index contributed by atoms with van der Waals surface area (Å²) in [6.45, 7) is 4.06. The van der Waals surface area contributed by atoms with Gasteiger partial charge in [-0.15, -0.1) is 0 Å². The molecule has 0 aliphatic carbocycles. The van der Waals surface area contributed by atoms with E-state index in [1.54, 1.807) is 42.5 Å². The van der Waals surface area contributed by atoms with Crippen molar-refractivity contribution >= 4 is 9.84 Å². The van der Waals surface area contributed by atoms with Crippen LogP contribution < -0.4 is 0 Å². The average Bonchev–Trinajstić information content (AvgIpc) is 2.87. The topological polar surface area (TPSA) is 39.1 Å². The Morgan fingerprint density at radius 3 is 1.73 bits per heavy atom. The Hall–Kier alpha value is -2.33. The molecular weight excluding hydrogens is 294 g/mol. The number of aromatic nitrogens is 1. The lowest BCUT2D eigenvalue weighted by atomic mass is 10.3. The summed E-state index contributed by atoms with van der Waals surface area (Å²) in [7, 11) is -3.45. The highest BCUT2D eigenvalue weighted by Gasteiger charge is 2.17. The van der Waals surface area contributed by atoms with Crippen molar-refractivity contribution in [2.75, 3.05) is 0 Å². The number of benzene rings is 2. The van der Waals surface area contributed by atoms with Gasteiger partial charge in [0.15, 0.2) is 0 Å². The van der Waals surface area contributed by atoms with Gasteiger partial charge in [0.05, 0.1) is 9.79 Å². The zero-order chi connectivity index (χ0) is 15.7. The van der Waals surface area contributed by atoms with E-state index in [1.807, 2.05) is 38.1 Å². The first-order valence-electron chi connectivity index (χ1n) is 7.06. The third-order valence-corrected chi connectivity index (χ3v) is 5.52. The molecule has 0 amide bonds. The summed E-state index contributed by atoms with van der Waals surface area (Å²) in [5, 5.41) is 0. The molecule has 0 aliphatic rings. The molecule has 0 bridgehead atoms. The van der Waals surface area contributed by atoms with E-state index in [0.29, 0.717) is 9.79 Å². The monoisotopic (exact) mass is 311 g/mol. The summed E-state index contributed by atoms with van der Waals surface area (Å²) in [5.41, 5.74) is 3.21. The van der Waals surface area contributed by atoms with Crippen molar-refractivity contribution in [1.29, 1.82) is 0 Å². The molecule has 0 aliphatic heterocycles. The van der Waals surface area contributed by atoms with Crippen LogP contribution in [-0.4, -0.2) is 13.0 Å². The van der Waals surface area contributed by atoms with Crippen molar-refractivity contribution in [1.82, 2.24) is 4.57 Å². The van der Waals surface area contributed by atoms with Crippen LogP contribution in [0.2, 0.25) is 0 Å². The largest absolute Gasteiger partial charge is 0.319 e. The zero-order valence-corrected chi connectivity index (χ0v) is 13.3. The van der Waals surface area contributed by atoms with Crippen LogP contribution in [0.3, 0.4) is 0 Å². The fraction of sp³-hybridized carbons (Fsp3) is 0.111. The van der Waals surface area contributed by atoms with E-state index in [-0.39, 0.29) is 0 Å². The SMILES string of the molecule is Cc1ccc(C)n1-c1ccc(S(=O)(=O)c2ccccc2)cc1. The average molecular weight is 311 g/mol. The van der Waals surface area contributed by atoms with Gasteiger partial charge in [0.2, 0.25) is 9.84 Å². The van der Waals surface area contributed by atoms with Crippen LogP contribution in [0.4, 0.5) is 0 Å². The maximum absolute atomic E-state index is 12.6. The molecule has 4 heteroatoms. The standard InChI is InChI=1S/C18H17NO2S/c1-14-8-9-15(2)19(14)16-10-12-18(13-11-16)22(20,21)17-6-4-3-5-7-17/h3-13H,1-2H3. The lowest BCUT2D eigenvalue weighted by molar-refractivity contribution is 0.596. The maximum atomic E-state index is 12.6. The Morgan fingerprint density at radius 2 is 1.18 bits per heavy atom. The first-order valence-corrected chi connectivity index (χ1v) is 8.54. The van der Waals surface area contributed by atoms with E-state index in [1.165, 1.54) is 0 Å². The highest BCUT2D eigenvalue weighted by molar-refractivity contribution is 7.91. The molecule has 0 unspecified atom stereocenters. The van der Waals surface area contributed by atoms with Gasteiger partial charge in [-0.05, 0) is 62.4 Å². The van der Waals surface area contributed by atoms with Crippen LogP contribution in [0.1, 0.15) is 11.4 Å². The summed E-state index contributed by atoms with van der Waals surface area (Å²) in [5.74, 6) is 0. The lowest BCUT2D eigenvalue weighted by Gasteiger charge is -2.10. The number of aryl methyl sites for hydroxylation is 2.